The molecule has 0 N–H and O–H groups in total. The van der Waals surface area contributed by atoms with Gasteiger partial charge in [0.1, 0.15) is 11.6 Å². The van der Waals surface area contributed by atoms with Crippen molar-refractivity contribution >= 4 is 5.69 Å². The van der Waals surface area contributed by atoms with Gasteiger partial charge in [-0.2, -0.15) is 0 Å². The van der Waals surface area contributed by atoms with E-state index in [9.17, 15) is 14.5 Å². The van der Waals surface area contributed by atoms with Crippen LogP contribution in [0.5, 0.6) is 0 Å². The summed E-state index contributed by atoms with van der Waals surface area (Å²) in [7, 11) is 0. The molecule has 18 heavy (non-hydrogen) atoms. The summed E-state index contributed by atoms with van der Waals surface area (Å²) in [5.74, 6) is 0.263. The minimum absolute atomic E-state index is 0.233. The Morgan fingerprint density at radius 2 is 2.22 bits per heavy atom. The Bertz CT molecular complexity index is 580. The van der Waals surface area contributed by atoms with Crippen molar-refractivity contribution in [2.45, 2.75) is 19.9 Å². The smallest absolute Gasteiger partial charge is 0.272 e. The Balaban J connectivity index is 2.32. The topological polar surface area (TPSA) is 61.0 Å². The summed E-state index contributed by atoms with van der Waals surface area (Å²) in [6.07, 6.45) is 4.19. The average molecular weight is 249 g/mol. The number of imidazole rings is 1. The molecule has 5 nitrogen and oxygen atoms in total. The number of nitro benzene ring substituents is 1. The van der Waals surface area contributed by atoms with Crippen LogP contribution in [0.1, 0.15) is 18.3 Å². The van der Waals surface area contributed by atoms with Crippen molar-refractivity contribution in [1.29, 1.82) is 0 Å². The van der Waals surface area contributed by atoms with E-state index in [4.69, 9.17) is 0 Å². The molecule has 0 saturated carbocycles. The van der Waals surface area contributed by atoms with Crippen LogP contribution < -0.4 is 0 Å². The Morgan fingerprint density at radius 1 is 1.44 bits per heavy atom. The summed E-state index contributed by atoms with van der Waals surface area (Å²) < 4.78 is 15.1. The first kappa shape index (κ1) is 12.2. The standard InChI is InChI=1S/C12H12FN3O2/c1-2-12-14-3-4-15(12)8-9-5-10(13)7-11(6-9)16(17)18/h3-7H,2,8H2,1H3. The zero-order chi connectivity index (χ0) is 13.1. The lowest BCUT2D eigenvalue weighted by molar-refractivity contribution is -0.385. The maximum Gasteiger partial charge on any atom is 0.272 e. The lowest BCUT2D eigenvalue weighted by atomic mass is 10.2. The van der Waals surface area contributed by atoms with Gasteiger partial charge in [-0.05, 0) is 11.6 Å². The Labute approximate surface area is 103 Å². The summed E-state index contributed by atoms with van der Waals surface area (Å²) in [6.45, 7) is 2.34. The van der Waals surface area contributed by atoms with Gasteiger partial charge in [0.25, 0.3) is 5.69 Å². The van der Waals surface area contributed by atoms with Gasteiger partial charge in [-0.3, -0.25) is 10.1 Å². The molecule has 0 aliphatic rings. The number of hydrogen-bond acceptors (Lipinski definition) is 3. The molecule has 0 spiro atoms. The Morgan fingerprint density at radius 3 is 2.89 bits per heavy atom. The van der Waals surface area contributed by atoms with Crippen molar-refractivity contribution in [1.82, 2.24) is 9.55 Å². The largest absolute Gasteiger partial charge is 0.331 e. The average Bonchev–Trinajstić information content (AvgIpc) is 2.75. The molecule has 1 aromatic carbocycles. The van der Waals surface area contributed by atoms with E-state index in [1.54, 1.807) is 12.4 Å². The van der Waals surface area contributed by atoms with Crippen LogP contribution in [0.15, 0.2) is 30.6 Å². The summed E-state index contributed by atoms with van der Waals surface area (Å²) in [5, 5.41) is 10.7. The van der Waals surface area contributed by atoms with E-state index < -0.39 is 10.7 Å². The summed E-state index contributed by atoms with van der Waals surface area (Å²) in [6, 6.07) is 3.59. The van der Waals surface area contributed by atoms with Gasteiger partial charge in [-0.1, -0.05) is 6.92 Å². The fraction of sp³-hybridized carbons (Fsp3) is 0.250. The SMILES string of the molecule is CCc1nccn1Cc1cc(F)cc([N+](=O)[O-])c1. The summed E-state index contributed by atoms with van der Waals surface area (Å²) >= 11 is 0. The fourth-order valence-corrected chi connectivity index (χ4v) is 1.83. The molecule has 0 atom stereocenters. The highest BCUT2D eigenvalue weighted by atomic mass is 19.1. The molecular weight excluding hydrogens is 237 g/mol. The van der Waals surface area contributed by atoms with E-state index in [-0.39, 0.29) is 5.69 Å². The summed E-state index contributed by atoms with van der Waals surface area (Å²) in [5.41, 5.74) is 0.317. The molecule has 0 saturated heterocycles. The van der Waals surface area contributed by atoms with E-state index in [0.29, 0.717) is 12.1 Å². The lowest BCUT2D eigenvalue weighted by Crippen LogP contribution is -2.04. The second-order valence-corrected chi connectivity index (χ2v) is 3.90. The van der Waals surface area contributed by atoms with Crippen LogP contribution in [0.25, 0.3) is 0 Å². The monoisotopic (exact) mass is 249 g/mol. The second-order valence-electron chi connectivity index (χ2n) is 3.90. The molecule has 1 aromatic heterocycles. The van der Waals surface area contributed by atoms with Crippen molar-refractivity contribution in [3.8, 4) is 0 Å². The third kappa shape index (κ3) is 2.53. The molecule has 94 valence electrons. The van der Waals surface area contributed by atoms with Crippen LogP contribution in [-0.4, -0.2) is 14.5 Å². The molecule has 1 heterocycles. The Kier molecular flexibility index (Phi) is 3.36. The van der Waals surface area contributed by atoms with Gasteiger partial charge < -0.3 is 4.57 Å². The van der Waals surface area contributed by atoms with Crippen LogP contribution in [0.4, 0.5) is 10.1 Å². The van der Waals surface area contributed by atoms with Gasteiger partial charge >= 0.3 is 0 Å². The van der Waals surface area contributed by atoms with Gasteiger partial charge in [-0.25, -0.2) is 9.37 Å². The van der Waals surface area contributed by atoms with Crippen molar-refractivity contribution in [2.24, 2.45) is 0 Å². The molecule has 2 aromatic rings. The minimum Gasteiger partial charge on any atom is -0.331 e. The van der Waals surface area contributed by atoms with Crippen molar-refractivity contribution < 1.29 is 9.31 Å². The van der Waals surface area contributed by atoms with Gasteiger partial charge in [0.2, 0.25) is 0 Å². The van der Waals surface area contributed by atoms with E-state index in [1.165, 1.54) is 12.1 Å². The van der Waals surface area contributed by atoms with E-state index >= 15 is 0 Å². The molecule has 0 unspecified atom stereocenters. The molecule has 0 amide bonds. The maximum absolute atomic E-state index is 13.3. The van der Waals surface area contributed by atoms with Gasteiger partial charge in [0, 0.05) is 31.4 Å². The van der Waals surface area contributed by atoms with Gasteiger partial charge in [0.15, 0.2) is 0 Å². The van der Waals surface area contributed by atoms with E-state index in [1.807, 2.05) is 11.5 Å². The molecule has 0 bridgehead atoms. The third-order valence-corrected chi connectivity index (χ3v) is 2.62. The molecule has 2 rings (SSSR count). The van der Waals surface area contributed by atoms with Crippen LogP contribution in [0.2, 0.25) is 0 Å². The zero-order valence-electron chi connectivity index (χ0n) is 9.84. The highest BCUT2D eigenvalue weighted by molar-refractivity contribution is 5.35. The maximum atomic E-state index is 13.3. The second kappa shape index (κ2) is 4.95. The Hall–Kier alpha value is -2.24. The van der Waals surface area contributed by atoms with Crippen LogP contribution >= 0.6 is 0 Å². The quantitative estimate of drug-likeness (QED) is 0.618. The normalized spacial score (nSPS) is 10.6. The van der Waals surface area contributed by atoms with Crippen LogP contribution in [-0.2, 0) is 13.0 Å². The first-order valence-electron chi connectivity index (χ1n) is 5.54. The number of non-ortho nitro benzene ring substituents is 1. The number of nitro groups is 1. The van der Waals surface area contributed by atoms with E-state index in [2.05, 4.69) is 4.98 Å². The number of nitrogens with zero attached hydrogens (tertiary/aromatic N) is 3. The predicted octanol–water partition coefficient (Wildman–Crippen LogP) is 2.54. The number of hydrogen-bond donors (Lipinski definition) is 0. The number of benzene rings is 1. The molecular formula is C12H12FN3O2. The highest BCUT2D eigenvalue weighted by Crippen LogP contribution is 2.17. The van der Waals surface area contributed by atoms with Gasteiger partial charge in [0.05, 0.1) is 11.0 Å². The third-order valence-electron chi connectivity index (χ3n) is 2.62. The molecule has 0 aliphatic carbocycles. The molecule has 0 fully saturated rings. The lowest BCUT2D eigenvalue weighted by Gasteiger charge is -2.06. The minimum atomic E-state index is -0.600. The molecule has 6 heteroatoms. The molecule has 0 aliphatic heterocycles. The van der Waals surface area contributed by atoms with Crippen LogP contribution in [0.3, 0.4) is 0 Å². The number of rotatable bonds is 4. The molecule has 0 radical (unpaired) electrons. The fourth-order valence-electron chi connectivity index (χ4n) is 1.83. The number of halogens is 1. The van der Waals surface area contributed by atoms with E-state index in [0.717, 1.165) is 18.3 Å². The predicted molar refractivity (Wildman–Crippen MR) is 63.8 cm³/mol. The first-order chi connectivity index (χ1) is 8.60. The number of aromatic nitrogens is 2. The van der Waals surface area contributed by atoms with Gasteiger partial charge in [-0.15, -0.1) is 0 Å². The first-order valence-corrected chi connectivity index (χ1v) is 5.54. The zero-order valence-corrected chi connectivity index (χ0v) is 9.84. The highest BCUT2D eigenvalue weighted by Gasteiger charge is 2.10. The van der Waals surface area contributed by atoms with Crippen molar-refractivity contribution in [3.05, 3.63) is 57.9 Å². The summed E-state index contributed by atoms with van der Waals surface area (Å²) in [4.78, 5) is 14.2. The number of aryl methyl sites for hydroxylation is 1. The van der Waals surface area contributed by atoms with Crippen molar-refractivity contribution in [2.75, 3.05) is 0 Å². The van der Waals surface area contributed by atoms with Crippen molar-refractivity contribution in [3.63, 3.8) is 0 Å². The van der Waals surface area contributed by atoms with Crippen LogP contribution in [0, 0.1) is 15.9 Å².